The van der Waals surface area contributed by atoms with E-state index >= 15 is 0 Å². The highest BCUT2D eigenvalue weighted by atomic mass is 32.2. The van der Waals surface area contributed by atoms with Crippen molar-refractivity contribution in [1.82, 2.24) is 4.31 Å². The maximum Gasteiger partial charge on any atom is 0.211 e. The Bertz CT molecular complexity index is 540. The maximum atomic E-state index is 11.9. The van der Waals surface area contributed by atoms with Crippen molar-refractivity contribution in [2.45, 2.75) is 51.9 Å². The van der Waals surface area contributed by atoms with Crippen LogP contribution in [0.3, 0.4) is 0 Å². The molecule has 0 saturated carbocycles. The summed E-state index contributed by atoms with van der Waals surface area (Å²) in [6, 6.07) is 0. The zero-order chi connectivity index (χ0) is 17.8. The van der Waals surface area contributed by atoms with Gasteiger partial charge in [0.1, 0.15) is 9.84 Å². The molecule has 0 aliphatic rings. The molecule has 0 heterocycles. The van der Waals surface area contributed by atoms with Crippen LogP contribution in [0, 0.1) is 5.41 Å². The van der Waals surface area contributed by atoms with Crippen LogP contribution in [0.15, 0.2) is 0 Å². The molecule has 0 rings (SSSR count). The molecule has 2 atom stereocenters. The normalized spacial score (nSPS) is 16.7. The minimum absolute atomic E-state index is 0.208. The van der Waals surface area contributed by atoms with Gasteiger partial charge in [-0.25, -0.2) is 21.1 Å². The van der Waals surface area contributed by atoms with Crippen LogP contribution in [0.1, 0.15) is 40.5 Å². The lowest BCUT2D eigenvalue weighted by Crippen LogP contribution is -2.45. The number of sulfone groups is 1. The van der Waals surface area contributed by atoms with Gasteiger partial charge in [0, 0.05) is 26.5 Å². The molecule has 0 aromatic carbocycles. The Morgan fingerprint density at radius 1 is 1.09 bits per heavy atom. The molecule has 0 aromatic heterocycles. The van der Waals surface area contributed by atoms with Gasteiger partial charge in [-0.15, -0.1) is 0 Å². The van der Waals surface area contributed by atoms with E-state index in [-0.39, 0.29) is 12.6 Å². The molecule has 0 N–H and O–H groups in total. The average molecular weight is 358 g/mol. The number of hydrogen-bond donors (Lipinski definition) is 0. The Morgan fingerprint density at radius 2 is 1.59 bits per heavy atom. The topological polar surface area (TPSA) is 80.8 Å². The molecule has 0 aliphatic heterocycles. The summed E-state index contributed by atoms with van der Waals surface area (Å²) in [4.78, 5) is 0. The lowest BCUT2D eigenvalue weighted by Gasteiger charge is -2.37. The van der Waals surface area contributed by atoms with Crippen LogP contribution >= 0.6 is 0 Å². The SMILES string of the molecule is CCOC(CN(C)S(C)(=O)=O)C(C)(C)CC(CC)S(C)(=O)=O. The third-order valence-electron chi connectivity index (χ3n) is 4.04. The van der Waals surface area contributed by atoms with Crippen LogP contribution in [0.2, 0.25) is 0 Å². The Kier molecular flexibility index (Phi) is 8.01. The van der Waals surface area contributed by atoms with Gasteiger partial charge >= 0.3 is 0 Å². The third-order valence-corrected chi connectivity index (χ3v) is 7.04. The summed E-state index contributed by atoms with van der Waals surface area (Å²) in [6.07, 6.45) is 2.99. The number of hydrogen-bond acceptors (Lipinski definition) is 5. The van der Waals surface area contributed by atoms with Gasteiger partial charge in [0.05, 0.1) is 17.6 Å². The Hall–Kier alpha value is -0.180. The smallest absolute Gasteiger partial charge is 0.211 e. The van der Waals surface area contributed by atoms with Gasteiger partial charge in [-0.1, -0.05) is 20.8 Å². The van der Waals surface area contributed by atoms with Gasteiger partial charge in [-0.2, -0.15) is 0 Å². The summed E-state index contributed by atoms with van der Waals surface area (Å²) >= 11 is 0. The minimum Gasteiger partial charge on any atom is -0.377 e. The van der Waals surface area contributed by atoms with Gasteiger partial charge in [-0.05, 0) is 25.2 Å². The fourth-order valence-corrected chi connectivity index (χ4v) is 4.16. The predicted molar refractivity (Wildman–Crippen MR) is 90.2 cm³/mol. The van der Waals surface area contributed by atoms with Crippen LogP contribution in [-0.4, -0.2) is 65.2 Å². The molecule has 2 unspecified atom stereocenters. The second-order valence-electron chi connectivity index (χ2n) is 6.54. The zero-order valence-electron chi connectivity index (χ0n) is 14.8. The Labute approximate surface area is 136 Å². The van der Waals surface area contributed by atoms with Crippen LogP contribution in [0.5, 0.6) is 0 Å². The van der Waals surface area contributed by atoms with Gasteiger partial charge < -0.3 is 4.74 Å². The molecule has 6 nitrogen and oxygen atoms in total. The van der Waals surface area contributed by atoms with E-state index in [0.29, 0.717) is 19.4 Å². The van der Waals surface area contributed by atoms with Crippen molar-refractivity contribution in [3.8, 4) is 0 Å². The van der Waals surface area contributed by atoms with E-state index in [0.717, 1.165) is 6.26 Å². The second-order valence-corrected chi connectivity index (χ2v) is 11.0. The van der Waals surface area contributed by atoms with E-state index in [9.17, 15) is 16.8 Å². The number of sulfonamides is 1. The quantitative estimate of drug-likeness (QED) is 0.592. The average Bonchev–Trinajstić information content (AvgIpc) is 2.32. The molecule has 0 bridgehead atoms. The second kappa shape index (κ2) is 8.08. The molecule has 8 heteroatoms. The summed E-state index contributed by atoms with van der Waals surface area (Å²) in [6.45, 7) is 8.20. The molecule has 134 valence electrons. The van der Waals surface area contributed by atoms with Crippen molar-refractivity contribution < 1.29 is 21.6 Å². The molecular formula is C14H31NO5S2. The Morgan fingerprint density at radius 3 is 1.91 bits per heavy atom. The predicted octanol–water partition coefficient (Wildman–Crippen LogP) is 1.52. The molecular weight excluding hydrogens is 326 g/mol. The fraction of sp³-hybridized carbons (Fsp3) is 1.00. The van der Waals surface area contributed by atoms with E-state index in [4.69, 9.17) is 4.74 Å². The molecule has 0 saturated heterocycles. The van der Waals surface area contributed by atoms with Crippen LogP contribution < -0.4 is 0 Å². The number of nitrogens with zero attached hydrogens (tertiary/aromatic N) is 1. The lowest BCUT2D eigenvalue weighted by molar-refractivity contribution is -0.0306. The number of rotatable bonds is 10. The van der Waals surface area contributed by atoms with E-state index in [1.54, 1.807) is 0 Å². The summed E-state index contributed by atoms with van der Waals surface area (Å²) in [5.74, 6) is 0. The largest absolute Gasteiger partial charge is 0.377 e. The minimum atomic E-state index is -3.30. The molecule has 0 aliphatic carbocycles. The van der Waals surface area contributed by atoms with Gasteiger partial charge in [-0.3, -0.25) is 0 Å². The Balaban J connectivity index is 5.28. The van der Waals surface area contributed by atoms with Gasteiger partial charge in [0.2, 0.25) is 10.0 Å². The van der Waals surface area contributed by atoms with Crippen molar-refractivity contribution >= 4 is 19.9 Å². The first kappa shape index (κ1) is 21.8. The van der Waals surface area contributed by atoms with Crippen molar-refractivity contribution in [3.63, 3.8) is 0 Å². The summed E-state index contributed by atoms with van der Waals surface area (Å²) < 4.78 is 53.9. The molecule has 22 heavy (non-hydrogen) atoms. The first-order valence-electron chi connectivity index (χ1n) is 7.47. The van der Waals surface area contributed by atoms with Crippen LogP contribution in [0.4, 0.5) is 0 Å². The van der Waals surface area contributed by atoms with Gasteiger partial charge in [0.25, 0.3) is 0 Å². The highest BCUT2D eigenvalue weighted by Crippen LogP contribution is 2.33. The first-order valence-corrected chi connectivity index (χ1v) is 11.3. The zero-order valence-corrected chi connectivity index (χ0v) is 16.4. The molecule has 0 aromatic rings. The maximum absolute atomic E-state index is 11.9. The van der Waals surface area contributed by atoms with Crippen molar-refractivity contribution in [2.24, 2.45) is 5.41 Å². The molecule has 0 radical (unpaired) electrons. The molecule has 0 amide bonds. The van der Waals surface area contributed by atoms with E-state index in [1.807, 2.05) is 27.7 Å². The van der Waals surface area contributed by atoms with Crippen LogP contribution in [0.25, 0.3) is 0 Å². The monoisotopic (exact) mass is 357 g/mol. The third kappa shape index (κ3) is 6.93. The van der Waals surface area contributed by atoms with E-state index in [2.05, 4.69) is 0 Å². The standard InChI is InChI=1S/C14H31NO5S2/c1-8-12(21(6,16)17)10-14(3,4)13(20-9-2)11-15(5)22(7,18)19/h12-13H,8-11H2,1-7H3. The van der Waals surface area contributed by atoms with E-state index < -0.39 is 30.5 Å². The van der Waals surface area contributed by atoms with Crippen molar-refractivity contribution in [1.29, 1.82) is 0 Å². The summed E-state index contributed by atoms with van der Waals surface area (Å²) in [7, 11) is -4.94. The molecule has 0 fully saturated rings. The molecule has 0 spiro atoms. The number of likely N-dealkylation sites (N-methyl/N-ethyl adjacent to an activating group) is 1. The lowest BCUT2D eigenvalue weighted by atomic mass is 9.81. The highest BCUT2D eigenvalue weighted by Gasteiger charge is 2.37. The van der Waals surface area contributed by atoms with Crippen molar-refractivity contribution in [3.05, 3.63) is 0 Å². The first-order chi connectivity index (χ1) is 9.75. The van der Waals surface area contributed by atoms with Gasteiger partial charge in [0.15, 0.2) is 0 Å². The fourth-order valence-electron chi connectivity index (χ4n) is 2.41. The number of ether oxygens (including phenoxy) is 1. The van der Waals surface area contributed by atoms with Crippen molar-refractivity contribution in [2.75, 3.05) is 32.7 Å². The van der Waals surface area contributed by atoms with E-state index in [1.165, 1.54) is 17.6 Å². The highest BCUT2D eigenvalue weighted by molar-refractivity contribution is 7.91. The van der Waals surface area contributed by atoms with Crippen LogP contribution in [-0.2, 0) is 24.6 Å². The summed E-state index contributed by atoms with van der Waals surface area (Å²) in [5.41, 5.74) is -0.460. The summed E-state index contributed by atoms with van der Waals surface area (Å²) in [5, 5.41) is -0.450.